The van der Waals surface area contributed by atoms with Crippen molar-refractivity contribution in [1.29, 1.82) is 0 Å². The number of rotatable bonds is 3. The molecule has 0 aliphatic heterocycles. The van der Waals surface area contributed by atoms with Gasteiger partial charge in [0.15, 0.2) is 0 Å². The van der Waals surface area contributed by atoms with Gasteiger partial charge in [-0.3, -0.25) is 9.97 Å². The van der Waals surface area contributed by atoms with Gasteiger partial charge in [0.05, 0.1) is 33.7 Å². The Balaban J connectivity index is 0.000000220. The molecule has 0 aliphatic rings. The minimum absolute atomic E-state index is 0. The molecule has 9 aromatic rings. The average Bonchev–Trinajstić information content (AvgIpc) is 3.70. The van der Waals surface area contributed by atoms with E-state index in [2.05, 4.69) is 52.0 Å². The van der Waals surface area contributed by atoms with E-state index in [0.29, 0.717) is 0 Å². The normalized spacial score (nSPS) is 11.0. The average molecular weight is 771 g/mol. The molecular weight excluding hydrogens is 745 g/mol. The fourth-order valence-electron chi connectivity index (χ4n) is 5.87. The summed E-state index contributed by atoms with van der Waals surface area (Å²) in [7, 11) is 0. The van der Waals surface area contributed by atoms with E-state index in [9.17, 15) is 0 Å². The second-order valence-electron chi connectivity index (χ2n) is 10.7. The van der Waals surface area contributed by atoms with E-state index in [1.165, 1.54) is 0 Å². The second kappa shape index (κ2) is 12.5. The quantitative estimate of drug-likeness (QED) is 0.168. The summed E-state index contributed by atoms with van der Waals surface area (Å²) in [5, 5.41) is 3.19. The number of nitrogens with zero attached hydrogens (tertiary/aromatic N) is 4. The molecule has 0 saturated carbocycles. The summed E-state index contributed by atoms with van der Waals surface area (Å²) in [6.07, 6.45) is 1.79. The SMILES string of the molecule is Cc1nc2ccccc2c2nc(-c3[c-]ccc4c3oc3ccccc34)n(-c3ccccc3)c12.[Ir].[c-]1ccccc1-c1ccccn1. The Hall–Kier alpha value is -5.42. The molecule has 6 heteroatoms. The Kier molecular flexibility index (Phi) is 7.98. The van der Waals surface area contributed by atoms with Crippen molar-refractivity contribution in [2.24, 2.45) is 0 Å². The van der Waals surface area contributed by atoms with Crippen LogP contribution in [0.1, 0.15) is 5.69 Å². The van der Waals surface area contributed by atoms with Crippen molar-refractivity contribution >= 4 is 43.9 Å². The van der Waals surface area contributed by atoms with Crippen molar-refractivity contribution in [1.82, 2.24) is 19.5 Å². The van der Waals surface area contributed by atoms with Crippen LogP contribution >= 0.6 is 0 Å². The van der Waals surface area contributed by atoms with Gasteiger partial charge in [0.25, 0.3) is 0 Å². The molecule has 0 N–H and O–H groups in total. The standard InChI is InChI=1S/C29H18N3O.C11H8N.Ir/c1-18-27-26(22-13-5-7-16-24(22)30-18)31-29(32(27)19-10-3-2-4-11-19)23-15-9-14-21-20-12-6-8-17-25(20)33-28(21)23;1-2-6-10(7-3-1)11-8-4-5-9-12-11;/h2-14,16-17H,1H3;1-6,8-9H;/q2*-1;. The second-order valence-corrected chi connectivity index (χ2v) is 10.7. The Labute approximate surface area is 279 Å². The number of para-hydroxylation sites is 3. The molecule has 0 spiro atoms. The number of aryl methyl sites for hydroxylation is 1. The zero-order valence-corrected chi connectivity index (χ0v) is 27.2. The molecular formula is C40H26IrN4O-2. The van der Waals surface area contributed by atoms with Crippen LogP contribution in [-0.4, -0.2) is 19.5 Å². The van der Waals surface area contributed by atoms with Crippen LogP contribution in [0.15, 0.2) is 144 Å². The van der Waals surface area contributed by atoms with Crippen LogP contribution in [0.25, 0.3) is 72.2 Å². The van der Waals surface area contributed by atoms with Gasteiger partial charge in [0, 0.05) is 42.8 Å². The Morgan fingerprint density at radius 1 is 0.652 bits per heavy atom. The third-order valence-corrected chi connectivity index (χ3v) is 7.89. The van der Waals surface area contributed by atoms with Gasteiger partial charge in [-0.1, -0.05) is 77.7 Å². The number of imidazole rings is 1. The topological polar surface area (TPSA) is 56.7 Å². The van der Waals surface area contributed by atoms with Crippen LogP contribution < -0.4 is 0 Å². The number of benzene rings is 5. The van der Waals surface area contributed by atoms with Crippen molar-refractivity contribution in [2.75, 3.05) is 0 Å². The summed E-state index contributed by atoms with van der Waals surface area (Å²) in [5.41, 5.74) is 9.33. The van der Waals surface area contributed by atoms with Crippen LogP contribution in [0.5, 0.6) is 0 Å². The van der Waals surface area contributed by atoms with Crippen LogP contribution in [0, 0.1) is 19.1 Å². The van der Waals surface area contributed by atoms with Gasteiger partial charge >= 0.3 is 0 Å². The Bertz CT molecular complexity index is 2400. The molecule has 0 saturated heterocycles. The molecule has 46 heavy (non-hydrogen) atoms. The molecule has 0 bridgehead atoms. The van der Waals surface area contributed by atoms with Gasteiger partial charge in [-0.15, -0.1) is 54.1 Å². The van der Waals surface area contributed by atoms with E-state index < -0.39 is 0 Å². The van der Waals surface area contributed by atoms with E-state index in [1.807, 2.05) is 110 Å². The zero-order valence-electron chi connectivity index (χ0n) is 24.8. The molecule has 4 aromatic heterocycles. The van der Waals surface area contributed by atoms with E-state index >= 15 is 0 Å². The van der Waals surface area contributed by atoms with Crippen molar-refractivity contribution in [3.63, 3.8) is 0 Å². The molecule has 0 atom stereocenters. The minimum Gasteiger partial charge on any atom is -0.501 e. The first-order valence-corrected chi connectivity index (χ1v) is 14.8. The van der Waals surface area contributed by atoms with Gasteiger partial charge in [-0.05, 0) is 42.9 Å². The summed E-state index contributed by atoms with van der Waals surface area (Å²) in [5.74, 6) is 0.794. The van der Waals surface area contributed by atoms with Gasteiger partial charge in [0.2, 0.25) is 0 Å². The maximum atomic E-state index is 6.34. The molecule has 223 valence electrons. The van der Waals surface area contributed by atoms with Gasteiger partial charge < -0.3 is 14.0 Å². The van der Waals surface area contributed by atoms with Gasteiger partial charge in [-0.2, -0.15) is 0 Å². The number of hydrogen-bond donors (Lipinski definition) is 0. The van der Waals surface area contributed by atoms with Crippen molar-refractivity contribution < 1.29 is 24.5 Å². The Morgan fingerprint density at radius 3 is 2.22 bits per heavy atom. The maximum Gasteiger partial charge on any atom is 0.120 e. The van der Waals surface area contributed by atoms with E-state index in [1.54, 1.807) is 6.20 Å². The monoisotopic (exact) mass is 771 g/mol. The smallest absolute Gasteiger partial charge is 0.120 e. The fraction of sp³-hybridized carbons (Fsp3) is 0.0250. The summed E-state index contributed by atoms with van der Waals surface area (Å²) in [4.78, 5) is 14.3. The van der Waals surface area contributed by atoms with Crippen LogP contribution in [-0.2, 0) is 20.1 Å². The molecule has 0 amide bonds. The van der Waals surface area contributed by atoms with Crippen LogP contribution in [0.3, 0.4) is 0 Å². The largest absolute Gasteiger partial charge is 0.501 e. The number of pyridine rings is 2. The predicted molar refractivity (Wildman–Crippen MR) is 181 cm³/mol. The maximum absolute atomic E-state index is 6.34. The number of hydrogen-bond acceptors (Lipinski definition) is 4. The van der Waals surface area contributed by atoms with Crippen LogP contribution in [0.2, 0.25) is 0 Å². The summed E-state index contributed by atoms with van der Waals surface area (Å²) in [6, 6.07) is 50.8. The first-order valence-electron chi connectivity index (χ1n) is 14.8. The molecule has 0 aliphatic carbocycles. The van der Waals surface area contributed by atoms with E-state index in [-0.39, 0.29) is 20.1 Å². The van der Waals surface area contributed by atoms with Gasteiger partial charge in [0.1, 0.15) is 5.58 Å². The van der Waals surface area contributed by atoms with Gasteiger partial charge in [-0.25, -0.2) is 0 Å². The number of furan rings is 1. The van der Waals surface area contributed by atoms with Crippen molar-refractivity contribution in [3.05, 3.63) is 157 Å². The van der Waals surface area contributed by atoms with E-state index in [4.69, 9.17) is 14.4 Å². The number of aromatic nitrogens is 4. The third-order valence-electron chi connectivity index (χ3n) is 7.89. The predicted octanol–water partition coefficient (Wildman–Crippen LogP) is 9.79. The van der Waals surface area contributed by atoms with Crippen molar-refractivity contribution in [3.8, 4) is 28.3 Å². The van der Waals surface area contributed by atoms with Crippen LogP contribution in [0.4, 0.5) is 0 Å². The van der Waals surface area contributed by atoms with Crippen molar-refractivity contribution in [2.45, 2.75) is 6.92 Å². The molecule has 9 rings (SSSR count). The fourth-order valence-corrected chi connectivity index (χ4v) is 5.87. The summed E-state index contributed by atoms with van der Waals surface area (Å²) >= 11 is 0. The molecule has 5 aromatic carbocycles. The summed E-state index contributed by atoms with van der Waals surface area (Å²) in [6.45, 7) is 2.05. The molecule has 1 radical (unpaired) electrons. The first-order chi connectivity index (χ1) is 22.3. The zero-order chi connectivity index (χ0) is 30.2. The van der Waals surface area contributed by atoms with E-state index in [0.717, 1.165) is 77.9 Å². The Morgan fingerprint density at radius 2 is 1.41 bits per heavy atom. The third kappa shape index (κ3) is 5.18. The summed E-state index contributed by atoms with van der Waals surface area (Å²) < 4.78 is 8.53. The molecule has 0 fully saturated rings. The molecule has 5 nitrogen and oxygen atoms in total. The molecule has 4 heterocycles. The number of fused-ring (bicyclic) bond motifs is 6. The first kappa shape index (κ1) is 29.3. The molecule has 0 unspecified atom stereocenters. The minimum atomic E-state index is 0.